The third kappa shape index (κ3) is 4.68. The van der Waals surface area contributed by atoms with Crippen LogP contribution in [0.25, 0.3) is 11.4 Å². The molecule has 7 nitrogen and oxygen atoms in total. The number of carbonyl (C=O) groups is 1. The van der Waals surface area contributed by atoms with Crippen molar-refractivity contribution in [1.29, 1.82) is 0 Å². The van der Waals surface area contributed by atoms with Gasteiger partial charge in [-0.1, -0.05) is 22.9 Å². The first-order valence-electron chi connectivity index (χ1n) is 8.91. The number of benzene rings is 2. The summed E-state index contributed by atoms with van der Waals surface area (Å²) in [5.41, 5.74) is 1.94. The summed E-state index contributed by atoms with van der Waals surface area (Å²) < 4.78 is 16.1. The first-order valence-corrected chi connectivity index (χ1v) is 8.91. The van der Waals surface area contributed by atoms with E-state index in [1.165, 1.54) is 4.90 Å². The second kappa shape index (κ2) is 8.56. The molecule has 7 heteroatoms. The molecule has 0 saturated carbocycles. The summed E-state index contributed by atoms with van der Waals surface area (Å²) in [6, 6.07) is 14.9. The maximum absolute atomic E-state index is 12.6. The highest BCUT2D eigenvalue weighted by Crippen LogP contribution is 2.20. The van der Waals surface area contributed by atoms with Crippen molar-refractivity contribution >= 4 is 5.91 Å². The second-order valence-corrected chi connectivity index (χ2v) is 6.51. The summed E-state index contributed by atoms with van der Waals surface area (Å²) in [5, 5.41) is 3.98. The van der Waals surface area contributed by atoms with Crippen LogP contribution in [0.15, 0.2) is 53.1 Å². The quantitative estimate of drug-likeness (QED) is 0.624. The standard InChI is InChI=1S/C21H23N3O4/c1-14-5-9-18(10-6-14)27-15(2)21(25)24(3)13-19-22-20(23-28-19)16-7-11-17(26-4)12-8-16/h5-12,15H,13H2,1-4H3/t15-/m0/s1. The molecule has 3 aromatic rings. The minimum Gasteiger partial charge on any atom is -0.497 e. The number of aromatic nitrogens is 2. The van der Waals surface area contributed by atoms with Gasteiger partial charge in [0.25, 0.3) is 5.91 Å². The molecule has 1 heterocycles. The molecule has 0 N–H and O–H groups in total. The van der Waals surface area contributed by atoms with Crippen molar-refractivity contribution in [3.05, 3.63) is 60.0 Å². The maximum atomic E-state index is 12.6. The highest BCUT2D eigenvalue weighted by molar-refractivity contribution is 5.80. The number of rotatable bonds is 7. The average molecular weight is 381 g/mol. The third-order valence-electron chi connectivity index (χ3n) is 4.25. The molecular weight excluding hydrogens is 358 g/mol. The molecule has 0 bridgehead atoms. The predicted octanol–water partition coefficient (Wildman–Crippen LogP) is 3.48. The molecule has 0 unspecified atom stereocenters. The number of ether oxygens (including phenoxy) is 2. The van der Waals surface area contributed by atoms with E-state index in [9.17, 15) is 4.79 Å². The molecule has 0 aliphatic rings. The Morgan fingerprint density at radius 2 is 1.75 bits per heavy atom. The molecule has 0 saturated heterocycles. The van der Waals surface area contributed by atoms with Crippen LogP contribution in [0.4, 0.5) is 0 Å². The first kappa shape index (κ1) is 19.4. The van der Waals surface area contributed by atoms with Crippen LogP contribution in [-0.4, -0.2) is 41.2 Å². The number of carbonyl (C=O) groups excluding carboxylic acids is 1. The number of amides is 1. The fraction of sp³-hybridized carbons (Fsp3) is 0.286. The van der Waals surface area contributed by atoms with Crippen LogP contribution >= 0.6 is 0 Å². The number of hydrogen-bond acceptors (Lipinski definition) is 6. The number of hydrogen-bond donors (Lipinski definition) is 0. The van der Waals surface area contributed by atoms with Gasteiger partial charge in [0.1, 0.15) is 11.5 Å². The van der Waals surface area contributed by atoms with Gasteiger partial charge in [0.15, 0.2) is 6.10 Å². The normalized spacial score (nSPS) is 11.7. The maximum Gasteiger partial charge on any atom is 0.263 e. The number of aryl methyl sites for hydroxylation is 1. The van der Waals surface area contributed by atoms with E-state index in [0.717, 1.165) is 16.9 Å². The van der Waals surface area contributed by atoms with Gasteiger partial charge in [-0.25, -0.2) is 0 Å². The number of nitrogens with zero attached hydrogens (tertiary/aromatic N) is 3. The molecule has 1 aromatic heterocycles. The highest BCUT2D eigenvalue weighted by Gasteiger charge is 2.21. The zero-order valence-corrected chi connectivity index (χ0v) is 16.4. The topological polar surface area (TPSA) is 77.7 Å². The predicted molar refractivity (Wildman–Crippen MR) is 104 cm³/mol. The summed E-state index contributed by atoms with van der Waals surface area (Å²) >= 11 is 0. The summed E-state index contributed by atoms with van der Waals surface area (Å²) in [7, 11) is 3.28. The molecule has 1 amide bonds. The molecule has 28 heavy (non-hydrogen) atoms. The smallest absolute Gasteiger partial charge is 0.263 e. The fourth-order valence-electron chi connectivity index (χ4n) is 2.64. The van der Waals surface area contributed by atoms with E-state index in [0.29, 0.717) is 17.5 Å². The van der Waals surface area contributed by atoms with E-state index >= 15 is 0 Å². The van der Waals surface area contributed by atoms with E-state index in [2.05, 4.69) is 10.1 Å². The Bertz CT molecular complexity index is 920. The monoisotopic (exact) mass is 381 g/mol. The lowest BCUT2D eigenvalue weighted by atomic mass is 10.2. The molecule has 2 aromatic carbocycles. The Balaban J connectivity index is 1.60. The molecule has 0 aliphatic heterocycles. The van der Waals surface area contributed by atoms with Crippen LogP contribution in [0.2, 0.25) is 0 Å². The Kier molecular flexibility index (Phi) is 5.93. The lowest BCUT2D eigenvalue weighted by Gasteiger charge is -2.20. The van der Waals surface area contributed by atoms with Gasteiger partial charge in [-0.05, 0) is 50.2 Å². The van der Waals surface area contributed by atoms with Crippen molar-refractivity contribution in [1.82, 2.24) is 15.0 Å². The van der Waals surface area contributed by atoms with Crippen LogP contribution < -0.4 is 9.47 Å². The van der Waals surface area contributed by atoms with Crippen LogP contribution in [0, 0.1) is 6.92 Å². The van der Waals surface area contributed by atoms with E-state index in [1.54, 1.807) is 21.1 Å². The zero-order valence-electron chi connectivity index (χ0n) is 16.4. The van der Waals surface area contributed by atoms with Gasteiger partial charge in [0.05, 0.1) is 13.7 Å². The van der Waals surface area contributed by atoms with Crippen molar-refractivity contribution in [3.63, 3.8) is 0 Å². The van der Waals surface area contributed by atoms with E-state index in [4.69, 9.17) is 14.0 Å². The Morgan fingerprint density at radius 1 is 1.11 bits per heavy atom. The molecule has 0 aliphatic carbocycles. The molecule has 0 fully saturated rings. The van der Waals surface area contributed by atoms with Gasteiger partial charge < -0.3 is 18.9 Å². The van der Waals surface area contributed by atoms with Gasteiger partial charge in [0.2, 0.25) is 11.7 Å². The summed E-state index contributed by atoms with van der Waals surface area (Å²) in [6.07, 6.45) is -0.628. The van der Waals surface area contributed by atoms with Crippen LogP contribution in [0.1, 0.15) is 18.4 Å². The Labute approximate surface area is 163 Å². The Hall–Kier alpha value is -3.35. The van der Waals surface area contributed by atoms with Crippen molar-refractivity contribution < 1.29 is 18.8 Å². The molecule has 0 radical (unpaired) electrons. The molecule has 1 atom stereocenters. The summed E-state index contributed by atoms with van der Waals surface area (Å²) in [6.45, 7) is 3.91. The number of likely N-dealkylation sites (N-methyl/N-ethyl adjacent to an activating group) is 1. The van der Waals surface area contributed by atoms with Crippen molar-refractivity contribution in [2.24, 2.45) is 0 Å². The lowest BCUT2D eigenvalue weighted by molar-refractivity contribution is -0.137. The van der Waals surface area contributed by atoms with Gasteiger partial charge >= 0.3 is 0 Å². The Morgan fingerprint density at radius 3 is 2.39 bits per heavy atom. The molecule has 3 rings (SSSR count). The van der Waals surface area contributed by atoms with Gasteiger partial charge in [-0.15, -0.1) is 0 Å². The van der Waals surface area contributed by atoms with Gasteiger partial charge in [-0.2, -0.15) is 4.98 Å². The minimum absolute atomic E-state index is 0.176. The second-order valence-electron chi connectivity index (χ2n) is 6.51. The SMILES string of the molecule is COc1ccc(-c2noc(CN(C)C(=O)[C@H](C)Oc3ccc(C)cc3)n2)cc1. The minimum atomic E-state index is -0.628. The van der Waals surface area contributed by atoms with Crippen molar-refractivity contribution in [2.75, 3.05) is 14.2 Å². The summed E-state index contributed by atoms with van der Waals surface area (Å²) in [4.78, 5) is 18.4. The van der Waals surface area contributed by atoms with Gasteiger partial charge in [-0.3, -0.25) is 4.79 Å². The van der Waals surface area contributed by atoms with Crippen LogP contribution in [-0.2, 0) is 11.3 Å². The third-order valence-corrected chi connectivity index (χ3v) is 4.25. The van der Waals surface area contributed by atoms with Crippen molar-refractivity contribution in [2.45, 2.75) is 26.5 Å². The summed E-state index contributed by atoms with van der Waals surface area (Å²) in [5.74, 6) is 2.04. The van der Waals surface area contributed by atoms with E-state index in [-0.39, 0.29) is 12.5 Å². The van der Waals surface area contributed by atoms with E-state index < -0.39 is 6.10 Å². The van der Waals surface area contributed by atoms with Crippen molar-refractivity contribution in [3.8, 4) is 22.9 Å². The lowest BCUT2D eigenvalue weighted by Crippen LogP contribution is -2.37. The van der Waals surface area contributed by atoms with Crippen LogP contribution in [0.5, 0.6) is 11.5 Å². The molecular formula is C21H23N3O4. The average Bonchev–Trinajstić information content (AvgIpc) is 3.17. The van der Waals surface area contributed by atoms with E-state index in [1.807, 2.05) is 55.5 Å². The number of methoxy groups -OCH3 is 1. The van der Waals surface area contributed by atoms with Gasteiger partial charge in [0, 0.05) is 12.6 Å². The van der Waals surface area contributed by atoms with Crippen LogP contribution in [0.3, 0.4) is 0 Å². The molecule has 146 valence electrons. The molecule has 0 spiro atoms. The highest BCUT2D eigenvalue weighted by atomic mass is 16.5. The largest absolute Gasteiger partial charge is 0.497 e. The first-order chi connectivity index (χ1) is 13.5. The fourth-order valence-corrected chi connectivity index (χ4v) is 2.64. The zero-order chi connectivity index (χ0) is 20.1.